The van der Waals surface area contributed by atoms with Crippen LogP contribution in [0.5, 0.6) is 0 Å². The van der Waals surface area contributed by atoms with E-state index in [1.54, 1.807) is 6.33 Å². The predicted molar refractivity (Wildman–Crippen MR) is 117 cm³/mol. The highest BCUT2D eigenvalue weighted by atomic mass is 35.5. The van der Waals surface area contributed by atoms with Gasteiger partial charge in [-0.2, -0.15) is 13.2 Å². The quantitative estimate of drug-likeness (QED) is 0.466. The van der Waals surface area contributed by atoms with Gasteiger partial charge in [0.15, 0.2) is 5.13 Å². The summed E-state index contributed by atoms with van der Waals surface area (Å²) in [6, 6.07) is 7.40. The molecule has 0 radical (unpaired) electrons. The zero-order chi connectivity index (χ0) is 24.8. The Morgan fingerprint density at radius 1 is 1.27 bits per heavy atom. The Hall–Kier alpha value is -3.03. The van der Waals surface area contributed by atoms with Gasteiger partial charge in [0.25, 0.3) is 0 Å². The molecule has 0 aliphatic carbocycles. The molecule has 1 atom stereocenters. The van der Waals surface area contributed by atoms with E-state index in [4.69, 9.17) is 21.5 Å². The number of hydrogen-bond donors (Lipinski definition) is 3. The fourth-order valence-electron chi connectivity index (χ4n) is 2.51. The topological polar surface area (TPSA) is 122 Å². The van der Waals surface area contributed by atoms with Crippen LogP contribution in [-0.4, -0.2) is 49.5 Å². The molecule has 178 valence electrons. The van der Waals surface area contributed by atoms with Crippen LogP contribution in [0.2, 0.25) is 5.02 Å². The highest BCUT2D eigenvalue weighted by molar-refractivity contribution is 7.16. The van der Waals surface area contributed by atoms with Crippen molar-refractivity contribution in [3.8, 4) is 11.3 Å². The second-order valence-corrected chi connectivity index (χ2v) is 8.32. The van der Waals surface area contributed by atoms with Gasteiger partial charge in [0.1, 0.15) is 12.2 Å². The number of amides is 1. The van der Waals surface area contributed by atoms with Crippen LogP contribution in [0.3, 0.4) is 0 Å². The lowest BCUT2D eigenvalue weighted by Gasteiger charge is -2.12. The number of carboxylic acids is 1. The van der Waals surface area contributed by atoms with E-state index in [2.05, 4.69) is 25.8 Å². The van der Waals surface area contributed by atoms with E-state index < -0.39 is 12.1 Å². The van der Waals surface area contributed by atoms with Gasteiger partial charge in [-0.25, -0.2) is 9.78 Å². The van der Waals surface area contributed by atoms with E-state index in [0.29, 0.717) is 10.2 Å². The van der Waals surface area contributed by atoms with E-state index in [0.717, 1.165) is 22.0 Å². The summed E-state index contributed by atoms with van der Waals surface area (Å²) in [4.78, 5) is 26.7. The molecule has 14 heteroatoms. The fourth-order valence-corrected chi connectivity index (χ4v) is 3.49. The number of halogens is 4. The summed E-state index contributed by atoms with van der Waals surface area (Å²) in [5, 5.41) is 22.2. The Morgan fingerprint density at radius 3 is 2.39 bits per heavy atom. The van der Waals surface area contributed by atoms with Crippen LogP contribution < -0.4 is 10.6 Å². The fraction of sp³-hybridized carbons (Fsp3) is 0.316. The van der Waals surface area contributed by atoms with Crippen LogP contribution in [0.1, 0.15) is 23.7 Å². The molecule has 0 fully saturated rings. The van der Waals surface area contributed by atoms with E-state index >= 15 is 0 Å². The molecule has 0 aliphatic rings. The summed E-state index contributed by atoms with van der Waals surface area (Å²) in [5.41, 5.74) is 1.82. The summed E-state index contributed by atoms with van der Waals surface area (Å²) in [5.74, 6) is -2.14. The summed E-state index contributed by atoms with van der Waals surface area (Å²) in [7, 11) is 1.87. The van der Waals surface area contributed by atoms with Gasteiger partial charge in [0.2, 0.25) is 5.91 Å². The number of anilines is 1. The number of aromatic nitrogens is 4. The second kappa shape index (κ2) is 11.2. The number of aryl methyl sites for hydroxylation is 2. The summed E-state index contributed by atoms with van der Waals surface area (Å²) in [6.07, 6.45) is -3.45. The van der Waals surface area contributed by atoms with Gasteiger partial charge in [0.05, 0.1) is 18.3 Å². The lowest BCUT2D eigenvalue weighted by atomic mass is 10.1. The van der Waals surface area contributed by atoms with Crippen molar-refractivity contribution in [2.45, 2.75) is 26.1 Å². The van der Waals surface area contributed by atoms with Crippen LogP contribution in [0.4, 0.5) is 18.3 Å². The molecule has 0 spiro atoms. The van der Waals surface area contributed by atoms with Crippen LogP contribution in [0.15, 0.2) is 30.6 Å². The highest BCUT2D eigenvalue weighted by Gasteiger charge is 2.38. The van der Waals surface area contributed by atoms with Gasteiger partial charge in [0, 0.05) is 22.5 Å². The van der Waals surface area contributed by atoms with Crippen molar-refractivity contribution in [1.82, 2.24) is 25.1 Å². The maximum atomic E-state index is 12.2. The first-order valence-corrected chi connectivity index (χ1v) is 10.5. The predicted octanol–water partition coefficient (Wildman–Crippen LogP) is 3.82. The highest BCUT2D eigenvalue weighted by Crippen LogP contribution is 2.30. The monoisotopic (exact) mass is 504 g/mol. The number of benzene rings is 1. The Morgan fingerprint density at radius 2 is 1.88 bits per heavy atom. The van der Waals surface area contributed by atoms with E-state index in [1.807, 2.05) is 49.7 Å². The normalized spacial score (nSPS) is 12.0. The van der Waals surface area contributed by atoms with Gasteiger partial charge in [-0.1, -0.05) is 23.7 Å². The van der Waals surface area contributed by atoms with Gasteiger partial charge in [-0.05, 0) is 26.0 Å². The molecule has 3 N–H and O–H groups in total. The lowest BCUT2D eigenvalue weighted by Crippen LogP contribution is -2.31. The van der Waals surface area contributed by atoms with Gasteiger partial charge < -0.3 is 15.0 Å². The molecule has 2 aromatic heterocycles. The van der Waals surface area contributed by atoms with Gasteiger partial charge in [-0.15, -0.1) is 21.5 Å². The largest absolute Gasteiger partial charge is 0.490 e. The standard InChI is InChI=1S/C17H19ClN6OS.C2HF3O2/c1-10(16-23-20-9-24(16)3)19-8-14(25)21-17-22-15(11(2)26-17)12-4-6-13(18)7-5-12;3-2(4,5)1(6)7/h4-7,9-10,19H,8H2,1-3H3,(H,21,22,25);(H,6,7). The maximum Gasteiger partial charge on any atom is 0.490 e. The molecular formula is C19H20ClF3N6O3S. The van der Waals surface area contributed by atoms with Crippen molar-refractivity contribution in [3.63, 3.8) is 0 Å². The molecular weight excluding hydrogens is 485 g/mol. The minimum Gasteiger partial charge on any atom is -0.475 e. The molecule has 1 unspecified atom stereocenters. The molecule has 0 saturated heterocycles. The van der Waals surface area contributed by atoms with Crippen LogP contribution >= 0.6 is 22.9 Å². The number of carboxylic acid groups (broad SMARTS) is 1. The van der Waals surface area contributed by atoms with Crippen molar-refractivity contribution in [2.75, 3.05) is 11.9 Å². The van der Waals surface area contributed by atoms with E-state index in [9.17, 15) is 18.0 Å². The minimum absolute atomic E-state index is 0.0871. The van der Waals surface area contributed by atoms with Crippen molar-refractivity contribution in [1.29, 1.82) is 0 Å². The number of hydrogen-bond acceptors (Lipinski definition) is 7. The van der Waals surface area contributed by atoms with Gasteiger partial charge >= 0.3 is 12.1 Å². The number of nitrogens with one attached hydrogen (secondary N) is 2. The number of alkyl halides is 3. The number of carbonyl (C=O) groups excluding carboxylic acids is 1. The van der Waals surface area contributed by atoms with E-state index in [1.165, 1.54) is 11.3 Å². The number of aliphatic carboxylic acids is 1. The summed E-state index contributed by atoms with van der Waals surface area (Å²) >= 11 is 7.37. The SMILES string of the molecule is Cc1sc(NC(=O)CNC(C)c2nncn2C)nc1-c1ccc(Cl)cc1.O=C(O)C(F)(F)F. The first kappa shape index (κ1) is 26.2. The third kappa shape index (κ3) is 7.80. The molecule has 2 heterocycles. The van der Waals surface area contributed by atoms with Crippen molar-refractivity contribution in [3.05, 3.63) is 46.3 Å². The summed E-state index contributed by atoms with van der Waals surface area (Å²) in [6.45, 7) is 4.07. The van der Waals surface area contributed by atoms with Gasteiger partial charge in [-0.3, -0.25) is 10.1 Å². The second-order valence-electron chi connectivity index (χ2n) is 6.68. The molecule has 9 nitrogen and oxygen atoms in total. The third-order valence-electron chi connectivity index (χ3n) is 4.11. The zero-order valence-corrected chi connectivity index (χ0v) is 19.2. The number of nitrogens with zero attached hydrogens (tertiary/aromatic N) is 4. The number of thiazole rings is 1. The number of rotatable bonds is 6. The molecule has 0 bridgehead atoms. The maximum absolute atomic E-state index is 12.2. The molecule has 3 rings (SSSR count). The Labute approximate surface area is 195 Å². The minimum atomic E-state index is -5.08. The van der Waals surface area contributed by atoms with Crippen molar-refractivity contribution in [2.24, 2.45) is 7.05 Å². The van der Waals surface area contributed by atoms with Crippen molar-refractivity contribution >= 4 is 39.9 Å². The molecule has 33 heavy (non-hydrogen) atoms. The zero-order valence-electron chi connectivity index (χ0n) is 17.6. The lowest BCUT2D eigenvalue weighted by molar-refractivity contribution is -0.192. The van der Waals surface area contributed by atoms with Crippen LogP contribution in [0, 0.1) is 6.92 Å². The van der Waals surface area contributed by atoms with E-state index in [-0.39, 0.29) is 18.5 Å². The average molecular weight is 505 g/mol. The summed E-state index contributed by atoms with van der Waals surface area (Å²) < 4.78 is 33.6. The smallest absolute Gasteiger partial charge is 0.475 e. The number of carbonyl (C=O) groups is 2. The Balaban J connectivity index is 0.000000479. The third-order valence-corrected chi connectivity index (χ3v) is 5.24. The van der Waals surface area contributed by atoms with Crippen LogP contribution in [0.25, 0.3) is 11.3 Å². The Bertz CT molecular complexity index is 1100. The Kier molecular flexibility index (Phi) is 8.91. The average Bonchev–Trinajstić information content (AvgIpc) is 3.31. The molecule has 0 saturated carbocycles. The first-order valence-electron chi connectivity index (χ1n) is 9.29. The molecule has 3 aromatic rings. The van der Waals surface area contributed by atoms with Crippen LogP contribution in [-0.2, 0) is 16.6 Å². The van der Waals surface area contributed by atoms with Crippen molar-refractivity contribution < 1.29 is 27.9 Å². The first-order chi connectivity index (χ1) is 15.4. The molecule has 0 aliphatic heterocycles. The molecule has 1 aromatic carbocycles. The molecule has 1 amide bonds.